The molecule has 0 aliphatic rings. The van der Waals surface area contributed by atoms with Gasteiger partial charge in [-0.3, -0.25) is 0 Å². The number of imidazole rings is 1. The summed E-state index contributed by atoms with van der Waals surface area (Å²) in [7, 11) is 1.91. The highest BCUT2D eigenvalue weighted by molar-refractivity contribution is 5.76. The lowest BCUT2D eigenvalue weighted by molar-refractivity contribution is 0.577. The maximum absolute atomic E-state index is 13.7. The van der Waals surface area contributed by atoms with Crippen LogP contribution in [0, 0.1) is 5.82 Å². The fourth-order valence-corrected chi connectivity index (χ4v) is 2.12. The third kappa shape index (κ3) is 2.17. The van der Waals surface area contributed by atoms with E-state index in [0.29, 0.717) is 5.52 Å². The molecule has 0 bridgehead atoms. The maximum Gasteiger partial charge on any atom is 0.151 e. The Bertz CT molecular complexity index is 517. The third-order valence-corrected chi connectivity index (χ3v) is 2.86. The van der Waals surface area contributed by atoms with Crippen molar-refractivity contribution in [1.29, 1.82) is 0 Å². The van der Waals surface area contributed by atoms with Gasteiger partial charge in [0.05, 0.1) is 5.52 Å². The van der Waals surface area contributed by atoms with E-state index < -0.39 is 0 Å². The highest BCUT2D eigenvalue weighted by atomic mass is 19.1. The molecule has 92 valence electrons. The molecule has 1 aromatic heterocycles. The van der Waals surface area contributed by atoms with E-state index in [9.17, 15) is 4.39 Å². The number of likely N-dealkylation sites (N-methyl/N-ethyl adjacent to an activating group) is 1. The predicted molar refractivity (Wildman–Crippen MR) is 67.7 cm³/mol. The number of para-hydroxylation sites is 1. The summed E-state index contributed by atoms with van der Waals surface area (Å²) in [5, 5.41) is 3.09. The molecule has 0 unspecified atom stereocenters. The normalized spacial score (nSPS) is 11.6. The first-order valence-electron chi connectivity index (χ1n) is 5.95. The Morgan fingerprint density at radius 1 is 1.41 bits per heavy atom. The minimum atomic E-state index is -0.243. The zero-order chi connectivity index (χ0) is 12.4. The van der Waals surface area contributed by atoms with Crippen molar-refractivity contribution in [3.05, 3.63) is 29.8 Å². The summed E-state index contributed by atoms with van der Waals surface area (Å²) >= 11 is 0. The van der Waals surface area contributed by atoms with Crippen molar-refractivity contribution in [3.63, 3.8) is 0 Å². The molecule has 1 N–H and O–H groups in total. The molecule has 1 aromatic carbocycles. The first-order chi connectivity index (χ1) is 8.15. The Kier molecular flexibility index (Phi) is 3.43. The standard InChI is InChI=1S/C13H18FN3/c1-9(2)17-11-6-4-5-10(14)13(11)16-12(17)7-8-15-3/h4-6,9,15H,7-8H2,1-3H3. The molecule has 2 aromatic rings. The highest BCUT2D eigenvalue weighted by Gasteiger charge is 2.14. The summed E-state index contributed by atoms with van der Waals surface area (Å²) in [5.74, 6) is 0.696. The average Bonchev–Trinajstić information content (AvgIpc) is 2.66. The minimum Gasteiger partial charge on any atom is -0.325 e. The topological polar surface area (TPSA) is 29.9 Å². The van der Waals surface area contributed by atoms with Crippen LogP contribution in [0.15, 0.2) is 18.2 Å². The molecule has 0 radical (unpaired) electrons. The molecule has 0 atom stereocenters. The molecule has 0 saturated carbocycles. The van der Waals surface area contributed by atoms with Crippen molar-refractivity contribution in [2.24, 2.45) is 0 Å². The summed E-state index contributed by atoms with van der Waals surface area (Å²) < 4.78 is 15.8. The molecule has 3 nitrogen and oxygen atoms in total. The number of halogens is 1. The Morgan fingerprint density at radius 3 is 2.82 bits per heavy atom. The first kappa shape index (κ1) is 12.0. The number of hydrogen-bond donors (Lipinski definition) is 1. The van der Waals surface area contributed by atoms with Crippen molar-refractivity contribution < 1.29 is 4.39 Å². The van der Waals surface area contributed by atoms with Gasteiger partial charge in [0.1, 0.15) is 11.3 Å². The monoisotopic (exact) mass is 235 g/mol. The molecule has 1 heterocycles. The van der Waals surface area contributed by atoms with Crippen molar-refractivity contribution in [2.45, 2.75) is 26.3 Å². The van der Waals surface area contributed by atoms with E-state index >= 15 is 0 Å². The van der Waals surface area contributed by atoms with Crippen molar-refractivity contribution in [3.8, 4) is 0 Å². The van der Waals surface area contributed by atoms with Crippen molar-refractivity contribution in [2.75, 3.05) is 13.6 Å². The number of rotatable bonds is 4. The first-order valence-corrected chi connectivity index (χ1v) is 5.95. The van der Waals surface area contributed by atoms with Crippen LogP contribution in [-0.4, -0.2) is 23.1 Å². The molecule has 0 aliphatic heterocycles. The lowest BCUT2D eigenvalue weighted by Gasteiger charge is -2.12. The van der Waals surface area contributed by atoms with Crippen LogP contribution in [0.2, 0.25) is 0 Å². The molecule has 17 heavy (non-hydrogen) atoms. The van der Waals surface area contributed by atoms with Gasteiger partial charge in [0.15, 0.2) is 5.82 Å². The Balaban J connectivity index is 2.58. The van der Waals surface area contributed by atoms with Gasteiger partial charge < -0.3 is 9.88 Å². The van der Waals surface area contributed by atoms with E-state index in [1.165, 1.54) is 6.07 Å². The molecule has 2 rings (SSSR count). The van der Waals surface area contributed by atoms with Gasteiger partial charge in [-0.15, -0.1) is 0 Å². The van der Waals surface area contributed by atoms with E-state index in [1.54, 1.807) is 6.07 Å². The second kappa shape index (κ2) is 4.84. The van der Waals surface area contributed by atoms with Crippen molar-refractivity contribution >= 4 is 11.0 Å². The van der Waals surface area contributed by atoms with Crippen LogP contribution in [-0.2, 0) is 6.42 Å². The maximum atomic E-state index is 13.7. The highest BCUT2D eigenvalue weighted by Crippen LogP contribution is 2.23. The molecule has 4 heteroatoms. The van der Waals surface area contributed by atoms with E-state index in [1.807, 2.05) is 13.1 Å². The quantitative estimate of drug-likeness (QED) is 0.882. The summed E-state index contributed by atoms with van der Waals surface area (Å²) in [6, 6.07) is 5.41. The number of fused-ring (bicyclic) bond motifs is 1. The SMILES string of the molecule is CNCCc1nc2c(F)cccc2n1C(C)C. The molecule has 0 fully saturated rings. The van der Waals surface area contributed by atoms with E-state index in [4.69, 9.17) is 0 Å². The fourth-order valence-electron chi connectivity index (χ4n) is 2.12. The van der Waals surface area contributed by atoms with Gasteiger partial charge in [0, 0.05) is 19.0 Å². The average molecular weight is 235 g/mol. The number of nitrogens with one attached hydrogen (secondary N) is 1. The van der Waals surface area contributed by atoms with Gasteiger partial charge in [-0.1, -0.05) is 6.07 Å². The van der Waals surface area contributed by atoms with Crippen LogP contribution in [0.4, 0.5) is 4.39 Å². The van der Waals surface area contributed by atoms with Crippen molar-refractivity contribution in [1.82, 2.24) is 14.9 Å². The summed E-state index contributed by atoms with van der Waals surface area (Å²) in [6.45, 7) is 5.03. The Labute approximate surface area is 101 Å². The minimum absolute atomic E-state index is 0.243. The number of hydrogen-bond acceptors (Lipinski definition) is 2. The van der Waals surface area contributed by atoms with Gasteiger partial charge in [0.25, 0.3) is 0 Å². The fraction of sp³-hybridized carbons (Fsp3) is 0.462. The summed E-state index contributed by atoms with van der Waals surface area (Å²) in [4.78, 5) is 4.42. The largest absolute Gasteiger partial charge is 0.325 e. The lowest BCUT2D eigenvalue weighted by atomic mass is 10.2. The molecule has 0 aliphatic carbocycles. The van der Waals surface area contributed by atoms with Crippen LogP contribution in [0.5, 0.6) is 0 Å². The molecule has 0 amide bonds. The van der Waals surface area contributed by atoms with E-state index in [0.717, 1.165) is 24.3 Å². The molecule has 0 spiro atoms. The van der Waals surface area contributed by atoms with Gasteiger partial charge in [-0.25, -0.2) is 9.37 Å². The second-order valence-electron chi connectivity index (χ2n) is 4.45. The number of aromatic nitrogens is 2. The van der Waals surface area contributed by atoms with Gasteiger partial charge in [0.2, 0.25) is 0 Å². The number of benzene rings is 1. The smallest absolute Gasteiger partial charge is 0.151 e. The molecule has 0 saturated heterocycles. The number of nitrogens with zero attached hydrogens (tertiary/aromatic N) is 2. The van der Waals surface area contributed by atoms with E-state index in [-0.39, 0.29) is 11.9 Å². The molecular weight excluding hydrogens is 217 g/mol. The van der Waals surface area contributed by atoms with Gasteiger partial charge in [-0.05, 0) is 33.0 Å². The Hall–Kier alpha value is -1.42. The van der Waals surface area contributed by atoms with Crippen LogP contribution in [0.25, 0.3) is 11.0 Å². The summed E-state index contributed by atoms with van der Waals surface area (Å²) in [6.07, 6.45) is 0.808. The van der Waals surface area contributed by atoms with Crippen LogP contribution in [0.3, 0.4) is 0 Å². The van der Waals surface area contributed by atoms with E-state index in [2.05, 4.69) is 28.7 Å². The zero-order valence-corrected chi connectivity index (χ0v) is 10.5. The summed E-state index contributed by atoms with van der Waals surface area (Å²) in [5.41, 5.74) is 1.36. The third-order valence-electron chi connectivity index (χ3n) is 2.86. The Morgan fingerprint density at radius 2 is 2.18 bits per heavy atom. The lowest BCUT2D eigenvalue weighted by Crippen LogP contribution is -2.15. The molecular formula is C13H18FN3. The van der Waals surface area contributed by atoms with Crippen LogP contribution in [0.1, 0.15) is 25.7 Å². The second-order valence-corrected chi connectivity index (χ2v) is 4.45. The van der Waals surface area contributed by atoms with Gasteiger partial charge >= 0.3 is 0 Å². The predicted octanol–water partition coefficient (Wildman–Crippen LogP) is 2.52. The van der Waals surface area contributed by atoms with Crippen LogP contribution >= 0.6 is 0 Å². The van der Waals surface area contributed by atoms with Gasteiger partial charge in [-0.2, -0.15) is 0 Å². The van der Waals surface area contributed by atoms with Crippen LogP contribution < -0.4 is 5.32 Å². The zero-order valence-electron chi connectivity index (χ0n) is 10.5.